The lowest BCUT2D eigenvalue weighted by molar-refractivity contribution is -0.137. The first-order valence-electron chi connectivity index (χ1n) is 11.7. The maximum absolute atomic E-state index is 12.9. The predicted molar refractivity (Wildman–Crippen MR) is 133 cm³/mol. The summed E-state index contributed by atoms with van der Waals surface area (Å²) in [6.45, 7) is 1.96. The van der Waals surface area contributed by atoms with E-state index >= 15 is 0 Å². The summed E-state index contributed by atoms with van der Waals surface area (Å²) >= 11 is 0. The van der Waals surface area contributed by atoms with Gasteiger partial charge in [-0.3, -0.25) is 9.59 Å². The van der Waals surface area contributed by atoms with E-state index in [0.29, 0.717) is 18.5 Å². The van der Waals surface area contributed by atoms with Gasteiger partial charge in [0.05, 0.1) is 0 Å². The molecule has 1 aliphatic rings. The minimum Gasteiger partial charge on any atom is -0.481 e. The van der Waals surface area contributed by atoms with Gasteiger partial charge in [0.15, 0.2) is 0 Å². The Morgan fingerprint density at radius 1 is 0.914 bits per heavy atom. The number of rotatable bonds is 9. The molecule has 4 rings (SSSR count). The zero-order chi connectivity index (χ0) is 24.8. The van der Waals surface area contributed by atoms with Crippen molar-refractivity contribution in [2.75, 3.05) is 11.9 Å². The summed E-state index contributed by atoms with van der Waals surface area (Å²) in [7, 11) is 0. The van der Waals surface area contributed by atoms with Gasteiger partial charge in [-0.05, 0) is 46.7 Å². The molecule has 1 aliphatic carbocycles. The van der Waals surface area contributed by atoms with E-state index in [1.54, 1.807) is 31.2 Å². The molecule has 3 aromatic rings. The number of carboxylic acid groups (broad SMARTS) is 1. The number of fused-ring (bicyclic) bond motifs is 3. The lowest BCUT2D eigenvalue weighted by Crippen LogP contribution is -2.44. The fourth-order valence-corrected chi connectivity index (χ4v) is 4.46. The van der Waals surface area contributed by atoms with Crippen LogP contribution < -0.4 is 10.6 Å². The van der Waals surface area contributed by atoms with Crippen LogP contribution in [0.5, 0.6) is 0 Å². The molecule has 0 saturated carbocycles. The molecule has 0 radical (unpaired) electrons. The van der Waals surface area contributed by atoms with Crippen molar-refractivity contribution in [2.24, 2.45) is 0 Å². The molecule has 0 unspecified atom stereocenters. The maximum Gasteiger partial charge on any atom is 0.407 e. The first-order valence-corrected chi connectivity index (χ1v) is 11.7. The summed E-state index contributed by atoms with van der Waals surface area (Å²) < 4.78 is 5.57. The van der Waals surface area contributed by atoms with Crippen LogP contribution in [0.25, 0.3) is 11.1 Å². The largest absolute Gasteiger partial charge is 0.481 e. The average Bonchev–Trinajstić information content (AvgIpc) is 3.19. The Kier molecular flexibility index (Phi) is 7.45. The Balaban J connectivity index is 1.38. The molecule has 0 aliphatic heterocycles. The molecule has 7 nitrogen and oxygen atoms in total. The highest BCUT2D eigenvalue weighted by Gasteiger charge is 2.29. The van der Waals surface area contributed by atoms with E-state index in [2.05, 4.69) is 22.8 Å². The monoisotopic (exact) mass is 472 g/mol. The smallest absolute Gasteiger partial charge is 0.407 e. The highest BCUT2D eigenvalue weighted by Crippen LogP contribution is 2.44. The molecule has 0 saturated heterocycles. The van der Waals surface area contributed by atoms with Crippen molar-refractivity contribution in [2.45, 2.75) is 38.1 Å². The molecule has 180 valence electrons. The second-order valence-electron chi connectivity index (χ2n) is 8.47. The van der Waals surface area contributed by atoms with E-state index in [4.69, 9.17) is 9.84 Å². The van der Waals surface area contributed by atoms with Crippen LogP contribution in [-0.4, -0.2) is 35.7 Å². The first-order chi connectivity index (χ1) is 17.0. The summed E-state index contributed by atoms with van der Waals surface area (Å²) in [5.41, 5.74) is 5.77. The minimum absolute atomic E-state index is 0.0396. The van der Waals surface area contributed by atoms with E-state index in [-0.39, 0.29) is 24.9 Å². The SMILES string of the molecule is CC[C@H](NC(=O)OCC1c2ccccc2-c2ccccc21)C(=O)Nc1ccccc1CCC(=O)O. The third-order valence-corrected chi connectivity index (χ3v) is 6.24. The van der Waals surface area contributed by atoms with Crippen LogP contribution in [0.3, 0.4) is 0 Å². The lowest BCUT2D eigenvalue weighted by Gasteiger charge is -2.19. The Bertz CT molecular complexity index is 1190. The topological polar surface area (TPSA) is 105 Å². The van der Waals surface area contributed by atoms with Gasteiger partial charge in [-0.1, -0.05) is 73.7 Å². The first kappa shape index (κ1) is 24.0. The maximum atomic E-state index is 12.9. The van der Waals surface area contributed by atoms with Crippen molar-refractivity contribution in [3.8, 4) is 11.1 Å². The van der Waals surface area contributed by atoms with Crippen LogP contribution in [-0.2, 0) is 20.7 Å². The predicted octanol–water partition coefficient (Wildman–Crippen LogP) is 4.96. The van der Waals surface area contributed by atoms with Gasteiger partial charge in [0, 0.05) is 18.0 Å². The normalized spacial score (nSPS) is 12.8. The fraction of sp³-hybridized carbons (Fsp3) is 0.250. The van der Waals surface area contributed by atoms with Gasteiger partial charge >= 0.3 is 12.1 Å². The number of hydrogen-bond donors (Lipinski definition) is 3. The molecular formula is C28H28N2O5. The van der Waals surface area contributed by atoms with Crippen LogP contribution in [0.1, 0.15) is 42.4 Å². The summed E-state index contributed by atoms with van der Waals surface area (Å²) in [6, 6.07) is 22.4. The molecular weight excluding hydrogens is 444 g/mol. The molecule has 0 aromatic heterocycles. The van der Waals surface area contributed by atoms with Crippen LogP contribution in [0.2, 0.25) is 0 Å². The second kappa shape index (κ2) is 10.9. The van der Waals surface area contributed by atoms with Crippen molar-refractivity contribution in [1.82, 2.24) is 5.32 Å². The highest BCUT2D eigenvalue weighted by atomic mass is 16.5. The second-order valence-corrected chi connectivity index (χ2v) is 8.47. The van der Waals surface area contributed by atoms with Crippen LogP contribution >= 0.6 is 0 Å². The summed E-state index contributed by atoms with van der Waals surface area (Å²) in [6.07, 6.45) is -0.0364. The van der Waals surface area contributed by atoms with Crippen molar-refractivity contribution < 1.29 is 24.2 Å². The van der Waals surface area contributed by atoms with E-state index in [1.165, 1.54) is 0 Å². The van der Waals surface area contributed by atoms with E-state index < -0.39 is 18.1 Å². The van der Waals surface area contributed by atoms with Crippen LogP contribution in [0.4, 0.5) is 10.5 Å². The number of carbonyl (C=O) groups excluding carboxylic acids is 2. The average molecular weight is 473 g/mol. The standard InChI is InChI=1S/C28H28N2O5/c1-2-24(27(33)29-25-14-8-3-9-18(25)15-16-26(31)32)30-28(34)35-17-23-21-12-6-4-10-19(21)20-11-5-7-13-22(20)23/h3-14,23-24H,2,15-17H2,1H3,(H,29,33)(H,30,34)(H,31,32)/t24-/m0/s1. The van der Waals surface area contributed by atoms with Crippen molar-refractivity contribution >= 4 is 23.7 Å². The molecule has 2 amide bonds. The zero-order valence-electron chi connectivity index (χ0n) is 19.5. The number of para-hydroxylation sites is 1. The Labute approximate surface area is 204 Å². The Morgan fingerprint density at radius 3 is 2.14 bits per heavy atom. The van der Waals surface area contributed by atoms with E-state index in [1.807, 2.05) is 36.4 Å². The van der Waals surface area contributed by atoms with E-state index in [9.17, 15) is 14.4 Å². The number of nitrogens with one attached hydrogen (secondary N) is 2. The molecule has 0 spiro atoms. The summed E-state index contributed by atoms with van der Waals surface area (Å²) in [4.78, 5) is 36.4. The number of amides is 2. The molecule has 0 fully saturated rings. The number of ether oxygens (including phenoxy) is 1. The minimum atomic E-state index is -0.908. The molecule has 0 heterocycles. The molecule has 3 aromatic carbocycles. The highest BCUT2D eigenvalue weighted by molar-refractivity contribution is 5.97. The van der Waals surface area contributed by atoms with Gasteiger partial charge in [0.25, 0.3) is 0 Å². The van der Waals surface area contributed by atoms with Gasteiger partial charge in [0.1, 0.15) is 12.6 Å². The summed E-state index contributed by atoms with van der Waals surface area (Å²) in [5, 5.41) is 14.4. The molecule has 0 bridgehead atoms. The number of aliphatic carboxylic acids is 1. The number of aryl methyl sites for hydroxylation is 1. The quantitative estimate of drug-likeness (QED) is 0.408. The van der Waals surface area contributed by atoms with Crippen LogP contribution in [0, 0.1) is 0 Å². The van der Waals surface area contributed by atoms with Crippen molar-refractivity contribution in [1.29, 1.82) is 0 Å². The van der Waals surface area contributed by atoms with Crippen LogP contribution in [0.15, 0.2) is 72.8 Å². The molecule has 3 N–H and O–H groups in total. The molecule has 7 heteroatoms. The number of hydrogen-bond acceptors (Lipinski definition) is 4. The molecule has 35 heavy (non-hydrogen) atoms. The third kappa shape index (κ3) is 5.51. The van der Waals surface area contributed by atoms with Gasteiger partial charge in [-0.2, -0.15) is 0 Å². The van der Waals surface area contributed by atoms with E-state index in [0.717, 1.165) is 27.8 Å². The number of anilines is 1. The van der Waals surface area contributed by atoms with Crippen molar-refractivity contribution in [3.63, 3.8) is 0 Å². The van der Waals surface area contributed by atoms with Gasteiger partial charge in [-0.15, -0.1) is 0 Å². The number of carbonyl (C=O) groups is 3. The van der Waals surface area contributed by atoms with Crippen molar-refractivity contribution in [3.05, 3.63) is 89.5 Å². The van der Waals surface area contributed by atoms with Gasteiger partial charge < -0.3 is 20.5 Å². The van der Waals surface area contributed by atoms with Gasteiger partial charge in [0.2, 0.25) is 5.91 Å². The number of alkyl carbamates (subject to hydrolysis) is 1. The zero-order valence-corrected chi connectivity index (χ0v) is 19.5. The Hall–Kier alpha value is -4.13. The Morgan fingerprint density at radius 2 is 1.51 bits per heavy atom. The number of carboxylic acids is 1. The number of benzene rings is 3. The lowest BCUT2D eigenvalue weighted by atomic mass is 9.98. The third-order valence-electron chi connectivity index (χ3n) is 6.24. The summed E-state index contributed by atoms with van der Waals surface area (Å²) in [5.74, 6) is -1.36. The van der Waals surface area contributed by atoms with Gasteiger partial charge in [-0.25, -0.2) is 4.79 Å². The molecule has 1 atom stereocenters. The fourth-order valence-electron chi connectivity index (χ4n) is 4.46.